The number of hydrogen-bond donors (Lipinski definition) is 1. The summed E-state index contributed by atoms with van der Waals surface area (Å²) in [7, 11) is 0. The molecule has 1 N–H and O–H groups in total. The smallest absolute Gasteiger partial charge is 0.290 e. The van der Waals surface area contributed by atoms with Crippen molar-refractivity contribution < 1.29 is 4.92 Å². The van der Waals surface area contributed by atoms with Crippen molar-refractivity contribution in [1.29, 1.82) is 0 Å². The van der Waals surface area contributed by atoms with Crippen molar-refractivity contribution in [3.63, 3.8) is 0 Å². The number of hydrogen-bond acceptors (Lipinski definition) is 5. The van der Waals surface area contributed by atoms with Crippen LogP contribution in [0.2, 0.25) is 0 Å². The normalized spacial score (nSPS) is 10.6. The molecule has 0 aromatic carbocycles. The van der Waals surface area contributed by atoms with Crippen molar-refractivity contribution in [2.75, 3.05) is 0 Å². The van der Waals surface area contributed by atoms with Gasteiger partial charge in [-0.25, -0.2) is 9.97 Å². The first-order valence-corrected chi connectivity index (χ1v) is 6.24. The third-order valence-corrected chi connectivity index (χ3v) is 3.28. The highest BCUT2D eigenvalue weighted by atomic mass is 32.2. The van der Waals surface area contributed by atoms with Gasteiger partial charge < -0.3 is 4.98 Å². The van der Waals surface area contributed by atoms with Gasteiger partial charge in [-0.1, -0.05) is 6.92 Å². The number of pyridine rings is 1. The van der Waals surface area contributed by atoms with E-state index in [2.05, 4.69) is 15.0 Å². The van der Waals surface area contributed by atoms with Gasteiger partial charge in [0.25, 0.3) is 5.69 Å². The van der Waals surface area contributed by atoms with Crippen LogP contribution in [-0.4, -0.2) is 19.9 Å². The van der Waals surface area contributed by atoms with Gasteiger partial charge in [0.15, 0.2) is 5.16 Å². The first kappa shape index (κ1) is 12.6. The molecule has 0 fully saturated rings. The molecule has 0 radical (unpaired) electrons. The Balaban J connectivity index is 2.19. The summed E-state index contributed by atoms with van der Waals surface area (Å²) in [6, 6.07) is 1.69. The van der Waals surface area contributed by atoms with E-state index in [0.717, 1.165) is 17.3 Å². The van der Waals surface area contributed by atoms with E-state index in [1.54, 1.807) is 19.2 Å². The van der Waals surface area contributed by atoms with Crippen molar-refractivity contribution in [1.82, 2.24) is 15.0 Å². The fourth-order valence-corrected chi connectivity index (χ4v) is 2.27. The minimum Gasteiger partial charge on any atom is -0.337 e. The average molecular weight is 264 g/mol. The zero-order valence-electron chi connectivity index (χ0n) is 10.0. The van der Waals surface area contributed by atoms with Crippen LogP contribution in [-0.2, 0) is 6.42 Å². The molecule has 0 aliphatic carbocycles. The van der Waals surface area contributed by atoms with E-state index in [1.807, 2.05) is 6.92 Å². The highest BCUT2D eigenvalue weighted by Gasteiger charge is 2.12. The SMILES string of the molecule is CCc1cnc(Sc2cc(C)c([N+](=O)[O-])cn2)[nH]1. The number of nitro groups is 1. The lowest BCUT2D eigenvalue weighted by molar-refractivity contribution is -0.385. The molecule has 0 unspecified atom stereocenters. The van der Waals surface area contributed by atoms with Crippen LogP contribution in [0.5, 0.6) is 0 Å². The van der Waals surface area contributed by atoms with Gasteiger partial charge in [-0.2, -0.15) is 0 Å². The Kier molecular flexibility index (Phi) is 3.61. The van der Waals surface area contributed by atoms with Crippen molar-refractivity contribution >= 4 is 17.4 Å². The highest BCUT2D eigenvalue weighted by molar-refractivity contribution is 7.99. The molecule has 2 aromatic heterocycles. The van der Waals surface area contributed by atoms with Crippen LogP contribution in [0, 0.1) is 17.0 Å². The molecular formula is C11H12N4O2S. The van der Waals surface area contributed by atoms with E-state index in [4.69, 9.17) is 0 Å². The number of aromatic amines is 1. The lowest BCUT2D eigenvalue weighted by atomic mass is 10.3. The Morgan fingerprint density at radius 2 is 2.22 bits per heavy atom. The monoisotopic (exact) mass is 264 g/mol. The van der Waals surface area contributed by atoms with Gasteiger partial charge in [0.05, 0.1) is 4.92 Å². The third-order valence-electron chi connectivity index (χ3n) is 2.44. The quantitative estimate of drug-likeness (QED) is 0.678. The van der Waals surface area contributed by atoms with E-state index in [-0.39, 0.29) is 5.69 Å². The van der Waals surface area contributed by atoms with Crippen LogP contribution < -0.4 is 0 Å². The number of aryl methyl sites for hydroxylation is 2. The predicted octanol–water partition coefficient (Wildman–Crippen LogP) is 2.73. The summed E-state index contributed by atoms with van der Waals surface area (Å²) in [5.41, 5.74) is 1.68. The molecule has 0 saturated carbocycles. The Morgan fingerprint density at radius 3 is 2.78 bits per heavy atom. The molecule has 0 aliphatic rings. The van der Waals surface area contributed by atoms with Crippen LogP contribution >= 0.6 is 11.8 Å². The van der Waals surface area contributed by atoms with Gasteiger partial charge in [0, 0.05) is 17.5 Å². The zero-order valence-corrected chi connectivity index (χ0v) is 10.8. The maximum atomic E-state index is 10.7. The molecule has 2 rings (SSSR count). The van der Waals surface area contributed by atoms with Gasteiger partial charge in [-0.3, -0.25) is 10.1 Å². The minimum atomic E-state index is -0.432. The van der Waals surface area contributed by atoms with Gasteiger partial charge >= 0.3 is 0 Å². The lowest BCUT2D eigenvalue weighted by Crippen LogP contribution is -1.93. The predicted molar refractivity (Wildman–Crippen MR) is 67.7 cm³/mol. The molecule has 94 valence electrons. The molecular weight excluding hydrogens is 252 g/mol. The number of H-pyrrole nitrogens is 1. The molecule has 0 aliphatic heterocycles. The molecule has 6 nitrogen and oxygen atoms in total. The molecule has 0 amide bonds. The lowest BCUT2D eigenvalue weighted by Gasteiger charge is -2.00. The summed E-state index contributed by atoms with van der Waals surface area (Å²) in [5, 5.41) is 12.1. The number of rotatable bonds is 4. The minimum absolute atomic E-state index is 0.0352. The molecule has 0 spiro atoms. The Bertz CT molecular complexity index is 582. The zero-order chi connectivity index (χ0) is 13.1. The first-order valence-electron chi connectivity index (χ1n) is 5.43. The number of nitrogens with zero attached hydrogens (tertiary/aromatic N) is 3. The second kappa shape index (κ2) is 5.18. The summed E-state index contributed by atoms with van der Waals surface area (Å²) in [4.78, 5) is 21.6. The van der Waals surface area contributed by atoms with Gasteiger partial charge in [0.1, 0.15) is 11.2 Å². The van der Waals surface area contributed by atoms with Gasteiger partial charge in [-0.05, 0) is 31.2 Å². The molecule has 0 saturated heterocycles. The van der Waals surface area contributed by atoms with Crippen LogP contribution in [0.15, 0.2) is 28.6 Å². The average Bonchev–Trinajstić information content (AvgIpc) is 2.76. The number of aromatic nitrogens is 3. The van der Waals surface area contributed by atoms with Crippen molar-refractivity contribution in [2.45, 2.75) is 30.5 Å². The summed E-state index contributed by atoms with van der Waals surface area (Å²) < 4.78 is 0. The molecule has 7 heteroatoms. The Labute approximate surface area is 108 Å². The van der Waals surface area contributed by atoms with Crippen LogP contribution in [0.4, 0.5) is 5.69 Å². The highest BCUT2D eigenvalue weighted by Crippen LogP contribution is 2.26. The van der Waals surface area contributed by atoms with Gasteiger partial charge in [0.2, 0.25) is 0 Å². The largest absolute Gasteiger partial charge is 0.337 e. The molecule has 0 atom stereocenters. The summed E-state index contributed by atoms with van der Waals surface area (Å²) >= 11 is 1.36. The molecule has 0 bridgehead atoms. The van der Waals surface area contributed by atoms with Crippen molar-refractivity contribution in [2.24, 2.45) is 0 Å². The molecule has 18 heavy (non-hydrogen) atoms. The number of nitrogens with one attached hydrogen (secondary N) is 1. The summed E-state index contributed by atoms with van der Waals surface area (Å²) in [6.07, 6.45) is 3.95. The fourth-order valence-electron chi connectivity index (χ4n) is 1.44. The second-order valence-electron chi connectivity index (χ2n) is 3.74. The third kappa shape index (κ3) is 2.67. The first-order chi connectivity index (χ1) is 8.60. The molecule has 2 heterocycles. The van der Waals surface area contributed by atoms with Crippen molar-refractivity contribution in [3.8, 4) is 0 Å². The van der Waals surface area contributed by atoms with E-state index in [0.29, 0.717) is 10.6 Å². The van der Waals surface area contributed by atoms with Crippen molar-refractivity contribution in [3.05, 3.63) is 39.8 Å². The maximum absolute atomic E-state index is 10.7. The maximum Gasteiger partial charge on any atom is 0.290 e. The van der Waals surface area contributed by atoms with E-state index in [1.165, 1.54) is 18.0 Å². The van der Waals surface area contributed by atoms with Crippen LogP contribution in [0.25, 0.3) is 0 Å². The Hall–Kier alpha value is -1.89. The van der Waals surface area contributed by atoms with E-state index in [9.17, 15) is 10.1 Å². The van der Waals surface area contributed by atoms with E-state index >= 15 is 0 Å². The second-order valence-corrected chi connectivity index (χ2v) is 4.74. The van der Waals surface area contributed by atoms with Crippen LogP contribution in [0.1, 0.15) is 18.2 Å². The van der Waals surface area contributed by atoms with Crippen LogP contribution in [0.3, 0.4) is 0 Å². The Morgan fingerprint density at radius 1 is 1.44 bits per heavy atom. The summed E-state index contributed by atoms with van der Waals surface area (Å²) in [6.45, 7) is 3.74. The number of imidazole rings is 1. The standard InChI is InChI=1S/C11H12N4O2S/c1-3-8-5-13-11(14-8)18-10-4-7(2)9(6-12-10)15(16)17/h4-6H,3H2,1-2H3,(H,13,14). The fraction of sp³-hybridized carbons (Fsp3) is 0.273. The summed E-state index contributed by atoms with van der Waals surface area (Å²) in [5.74, 6) is 0. The van der Waals surface area contributed by atoms with Gasteiger partial charge in [-0.15, -0.1) is 0 Å². The van der Waals surface area contributed by atoms with E-state index < -0.39 is 4.92 Å². The topological polar surface area (TPSA) is 84.7 Å². The molecule has 2 aromatic rings.